The molecule has 0 aliphatic rings. The molecule has 0 radical (unpaired) electrons. The molecule has 4 rings (SSSR count). The normalized spacial score (nSPS) is 10.9. The van der Waals surface area contributed by atoms with Crippen LogP contribution in [0.1, 0.15) is 27.6 Å². The molecule has 8 nitrogen and oxygen atoms in total. The van der Waals surface area contributed by atoms with Gasteiger partial charge in [-0.15, -0.1) is 5.10 Å². The highest BCUT2D eigenvalue weighted by molar-refractivity contribution is 9.10. The lowest BCUT2D eigenvalue weighted by atomic mass is 10.2. The monoisotopic (exact) mass is 499 g/mol. The van der Waals surface area contributed by atoms with E-state index in [2.05, 4.69) is 36.5 Å². The number of ether oxygens (including phenoxy) is 1. The van der Waals surface area contributed by atoms with Crippen LogP contribution >= 0.6 is 15.9 Å². The highest BCUT2D eigenvalue weighted by Gasteiger charge is 2.21. The highest BCUT2D eigenvalue weighted by Crippen LogP contribution is 2.33. The zero-order valence-corrected chi connectivity index (χ0v) is 19.1. The fraction of sp³-hybridized carbons (Fsp3) is 0.182. The summed E-state index contributed by atoms with van der Waals surface area (Å²) in [6.07, 6.45) is 0. The molecule has 0 saturated carbocycles. The molecular formula is C22H19BrFN5O3. The van der Waals surface area contributed by atoms with Gasteiger partial charge in [-0.05, 0) is 44.2 Å². The van der Waals surface area contributed by atoms with Gasteiger partial charge in [-0.1, -0.05) is 33.3 Å². The number of benzene rings is 2. The van der Waals surface area contributed by atoms with Crippen LogP contribution in [0.4, 0.5) is 10.1 Å². The predicted octanol–water partition coefficient (Wildman–Crippen LogP) is 4.76. The van der Waals surface area contributed by atoms with Gasteiger partial charge in [-0.3, -0.25) is 4.79 Å². The average molecular weight is 500 g/mol. The molecule has 0 saturated heterocycles. The number of aryl methyl sites for hydroxylation is 1. The first-order valence-electron chi connectivity index (χ1n) is 9.63. The smallest absolute Gasteiger partial charge is 0.278 e. The molecule has 0 bridgehead atoms. The van der Waals surface area contributed by atoms with Crippen molar-refractivity contribution in [3.8, 4) is 17.2 Å². The number of nitrogens with zero attached hydrogens (tertiary/aromatic N) is 4. The van der Waals surface area contributed by atoms with Crippen molar-refractivity contribution in [3.63, 3.8) is 0 Å². The Morgan fingerprint density at radius 2 is 2.03 bits per heavy atom. The maximum Gasteiger partial charge on any atom is 0.278 e. The predicted molar refractivity (Wildman–Crippen MR) is 119 cm³/mol. The lowest BCUT2D eigenvalue weighted by molar-refractivity contribution is 0.102. The molecular weight excluding hydrogens is 481 g/mol. The Hall–Kier alpha value is -3.53. The van der Waals surface area contributed by atoms with Crippen LogP contribution in [0.25, 0.3) is 11.5 Å². The van der Waals surface area contributed by atoms with E-state index in [-0.39, 0.29) is 17.9 Å². The molecule has 1 N–H and O–H groups in total. The molecule has 0 fully saturated rings. The number of anilines is 1. The first-order chi connectivity index (χ1) is 15.4. The van der Waals surface area contributed by atoms with Crippen LogP contribution in [0.15, 0.2) is 51.4 Å². The molecule has 0 spiro atoms. The van der Waals surface area contributed by atoms with Crippen molar-refractivity contribution in [2.45, 2.75) is 20.4 Å². The van der Waals surface area contributed by atoms with E-state index in [0.29, 0.717) is 34.4 Å². The SMILES string of the molecule is COc1ccc(Br)cc1-c1nc(Cn2nnc(C(=O)Nc3ccccc3F)c2C)c(C)o1. The third kappa shape index (κ3) is 4.26. The molecule has 32 heavy (non-hydrogen) atoms. The highest BCUT2D eigenvalue weighted by atomic mass is 79.9. The number of aromatic nitrogens is 4. The van der Waals surface area contributed by atoms with E-state index in [1.807, 2.05) is 18.2 Å². The summed E-state index contributed by atoms with van der Waals surface area (Å²) in [5.41, 5.74) is 2.03. The summed E-state index contributed by atoms with van der Waals surface area (Å²) < 4.78 is 27.5. The molecule has 4 aromatic rings. The van der Waals surface area contributed by atoms with Crippen LogP contribution in [-0.2, 0) is 6.54 Å². The Morgan fingerprint density at radius 3 is 2.78 bits per heavy atom. The fourth-order valence-electron chi connectivity index (χ4n) is 3.14. The maximum atomic E-state index is 13.8. The number of carbonyl (C=O) groups is 1. The Morgan fingerprint density at radius 1 is 1.25 bits per heavy atom. The number of methoxy groups -OCH3 is 1. The van der Waals surface area contributed by atoms with Gasteiger partial charge in [0.15, 0.2) is 5.69 Å². The Bertz CT molecular complexity index is 1300. The molecule has 0 unspecified atom stereocenters. The van der Waals surface area contributed by atoms with E-state index in [0.717, 1.165) is 4.47 Å². The van der Waals surface area contributed by atoms with Crippen molar-refractivity contribution in [1.82, 2.24) is 20.0 Å². The summed E-state index contributed by atoms with van der Waals surface area (Å²) in [7, 11) is 1.58. The summed E-state index contributed by atoms with van der Waals surface area (Å²) in [6.45, 7) is 3.76. The Labute approximate surface area is 191 Å². The van der Waals surface area contributed by atoms with Crippen molar-refractivity contribution in [3.05, 3.63) is 75.6 Å². The average Bonchev–Trinajstić information content (AvgIpc) is 3.32. The van der Waals surface area contributed by atoms with Gasteiger partial charge in [0, 0.05) is 4.47 Å². The van der Waals surface area contributed by atoms with Crippen LogP contribution in [0.3, 0.4) is 0 Å². The van der Waals surface area contributed by atoms with Gasteiger partial charge in [0.05, 0.1) is 30.6 Å². The van der Waals surface area contributed by atoms with E-state index in [4.69, 9.17) is 9.15 Å². The zero-order chi connectivity index (χ0) is 22.8. The summed E-state index contributed by atoms with van der Waals surface area (Å²) >= 11 is 3.45. The third-order valence-electron chi connectivity index (χ3n) is 4.90. The molecule has 0 atom stereocenters. The van der Waals surface area contributed by atoms with Crippen LogP contribution < -0.4 is 10.1 Å². The van der Waals surface area contributed by atoms with E-state index >= 15 is 0 Å². The van der Waals surface area contributed by atoms with E-state index in [9.17, 15) is 9.18 Å². The number of carbonyl (C=O) groups excluding carboxylic acids is 1. The van der Waals surface area contributed by atoms with Crippen LogP contribution in [0, 0.1) is 19.7 Å². The largest absolute Gasteiger partial charge is 0.496 e. The second kappa shape index (κ2) is 8.91. The third-order valence-corrected chi connectivity index (χ3v) is 5.40. The molecule has 2 aromatic carbocycles. The zero-order valence-electron chi connectivity index (χ0n) is 17.5. The summed E-state index contributed by atoms with van der Waals surface area (Å²) in [4.78, 5) is 17.2. The molecule has 1 amide bonds. The molecule has 2 aromatic heterocycles. The van der Waals surface area contributed by atoms with Gasteiger partial charge in [0.1, 0.15) is 23.0 Å². The van der Waals surface area contributed by atoms with Gasteiger partial charge >= 0.3 is 0 Å². The topological polar surface area (TPSA) is 95.1 Å². The van der Waals surface area contributed by atoms with Crippen molar-refractivity contribution in [2.75, 3.05) is 12.4 Å². The number of oxazole rings is 1. The van der Waals surface area contributed by atoms with Gasteiger partial charge in [-0.2, -0.15) is 0 Å². The van der Waals surface area contributed by atoms with Crippen LogP contribution in [-0.4, -0.2) is 33.0 Å². The van der Waals surface area contributed by atoms with Gasteiger partial charge in [0.25, 0.3) is 5.91 Å². The number of rotatable bonds is 6. The minimum atomic E-state index is -0.546. The van der Waals surface area contributed by atoms with Crippen molar-refractivity contribution < 1.29 is 18.3 Å². The minimum absolute atomic E-state index is 0.0754. The second-order valence-electron chi connectivity index (χ2n) is 6.98. The number of amides is 1. The number of nitrogens with one attached hydrogen (secondary N) is 1. The first kappa shape index (κ1) is 21.7. The van der Waals surface area contributed by atoms with Crippen molar-refractivity contribution >= 4 is 27.5 Å². The Kier molecular flexibility index (Phi) is 6.04. The lowest BCUT2D eigenvalue weighted by Crippen LogP contribution is -2.15. The van der Waals surface area contributed by atoms with Crippen LogP contribution in [0.5, 0.6) is 5.75 Å². The maximum absolute atomic E-state index is 13.8. The lowest BCUT2D eigenvalue weighted by Gasteiger charge is -2.05. The number of hydrogen-bond donors (Lipinski definition) is 1. The van der Waals surface area contributed by atoms with E-state index in [1.54, 1.807) is 37.8 Å². The van der Waals surface area contributed by atoms with Gasteiger partial charge < -0.3 is 14.5 Å². The minimum Gasteiger partial charge on any atom is -0.496 e. The van der Waals surface area contributed by atoms with Crippen molar-refractivity contribution in [2.24, 2.45) is 0 Å². The van der Waals surface area contributed by atoms with Crippen molar-refractivity contribution in [1.29, 1.82) is 0 Å². The summed E-state index contributed by atoms with van der Waals surface area (Å²) in [5, 5.41) is 10.5. The molecule has 2 heterocycles. The molecule has 164 valence electrons. The second-order valence-corrected chi connectivity index (χ2v) is 7.90. The van der Waals surface area contributed by atoms with Gasteiger partial charge in [-0.25, -0.2) is 14.1 Å². The fourth-order valence-corrected chi connectivity index (χ4v) is 3.50. The summed E-state index contributed by atoms with van der Waals surface area (Å²) in [6, 6.07) is 11.5. The van der Waals surface area contributed by atoms with Gasteiger partial charge in [0.2, 0.25) is 5.89 Å². The quantitative estimate of drug-likeness (QED) is 0.410. The number of hydrogen-bond acceptors (Lipinski definition) is 6. The number of para-hydroxylation sites is 1. The summed E-state index contributed by atoms with van der Waals surface area (Å²) in [5.74, 6) is 0.570. The number of halogens is 2. The van der Waals surface area contributed by atoms with E-state index < -0.39 is 11.7 Å². The standard InChI is InChI=1S/C22H19BrFN5O3/c1-12-20(21(30)25-17-7-5-4-6-16(17)24)27-28-29(12)11-18-13(2)32-22(26-18)15-10-14(23)8-9-19(15)31-3/h4-10H,11H2,1-3H3,(H,25,30). The van der Waals surface area contributed by atoms with E-state index in [1.165, 1.54) is 12.1 Å². The van der Waals surface area contributed by atoms with Crippen LogP contribution in [0.2, 0.25) is 0 Å². The first-order valence-corrected chi connectivity index (χ1v) is 10.4. The molecule has 10 heteroatoms. The molecule has 0 aliphatic carbocycles. The Balaban J connectivity index is 1.57. The molecule has 0 aliphatic heterocycles.